The minimum Gasteiger partial charge on any atom is -0.256 e. The number of hydrogen-bond donors (Lipinski definition) is 0. The van der Waals surface area contributed by atoms with Crippen LogP contribution in [0.2, 0.25) is 0 Å². The van der Waals surface area contributed by atoms with Gasteiger partial charge in [-0.1, -0.05) is 229 Å². The standard InChI is InChI=1S/C75H73N/c1-72(2,3)67-31-23-51(24-32-67)50-19-21-52(22-20-50)58-41-59(53-25-33-68(34-26-53)73(4,5)6)44-63(43-58)65-47-62(56-16-15-17-57(40-56)71-18-13-14-39-76-71)48-66(49-65)64-45-60(54-27-35-69(36-28-54)74(7,8)9)42-61(46-64)55-29-37-70(38-30-55)75(10,11)12/h13-49H,1-12H3. The molecule has 0 atom stereocenters. The molecule has 0 saturated carbocycles. The van der Waals surface area contributed by atoms with Gasteiger partial charge in [0.05, 0.1) is 5.69 Å². The van der Waals surface area contributed by atoms with E-state index in [0.717, 1.165) is 44.6 Å². The summed E-state index contributed by atoms with van der Waals surface area (Å²) in [6.45, 7) is 27.3. The van der Waals surface area contributed by atoms with Crippen LogP contribution in [0.3, 0.4) is 0 Å². The minimum absolute atomic E-state index is 0.0496. The molecule has 9 aromatic carbocycles. The summed E-state index contributed by atoms with van der Waals surface area (Å²) in [5.41, 5.74) is 26.4. The van der Waals surface area contributed by atoms with Crippen LogP contribution in [-0.4, -0.2) is 4.98 Å². The van der Waals surface area contributed by atoms with Crippen molar-refractivity contribution in [2.75, 3.05) is 0 Å². The number of hydrogen-bond acceptors (Lipinski definition) is 1. The molecule has 0 unspecified atom stereocenters. The molecule has 378 valence electrons. The molecule has 1 aromatic heterocycles. The Hall–Kier alpha value is -7.87. The third-order valence-corrected chi connectivity index (χ3v) is 15.2. The van der Waals surface area contributed by atoms with Gasteiger partial charge >= 0.3 is 0 Å². The molecule has 1 heteroatoms. The summed E-state index contributed by atoms with van der Waals surface area (Å²) in [4.78, 5) is 4.76. The molecule has 0 aliphatic rings. The van der Waals surface area contributed by atoms with Gasteiger partial charge in [-0.2, -0.15) is 0 Å². The first-order valence-corrected chi connectivity index (χ1v) is 27.1. The second-order valence-corrected chi connectivity index (χ2v) is 25.1. The fourth-order valence-corrected chi connectivity index (χ4v) is 10.3. The molecular weight excluding hydrogens is 915 g/mol. The van der Waals surface area contributed by atoms with Crippen molar-refractivity contribution >= 4 is 0 Å². The Morgan fingerprint density at radius 3 is 0.684 bits per heavy atom. The number of nitrogens with zero attached hydrogens (tertiary/aromatic N) is 1. The lowest BCUT2D eigenvalue weighted by atomic mass is 9.84. The SMILES string of the molecule is CC(C)(C)c1ccc(-c2ccc(-c3cc(-c4ccc(C(C)(C)C)cc4)cc(-c4cc(-c5cc(-c6ccc(C(C)(C)C)cc6)cc(-c6ccc(C(C)(C)C)cc6)c5)cc(-c5cccc(-c6ccccn6)c5)c4)c3)cc2)cc1. The van der Waals surface area contributed by atoms with Crippen LogP contribution in [0.15, 0.2) is 225 Å². The maximum Gasteiger partial charge on any atom is 0.0702 e. The highest BCUT2D eigenvalue weighted by Gasteiger charge is 2.20. The highest BCUT2D eigenvalue weighted by atomic mass is 14.7. The summed E-state index contributed by atoms with van der Waals surface area (Å²) in [6.07, 6.45) is 1.87. The van der Waals surface area contributed by atoms with E-state index in [1.807, 2.05) is 12.3 Å². The van der Waals surface area contributed by atoms with Crippen molar-refractivity contribution < 1.29 is 0 Å². The third kappa shape index (κ3) is 11.5. The second-order valence-electron chi connectivity index (χ2n) is 25.1. The van der Waals surface area contributed by atoms with Crippen LogP contribution in [0.25, 0.3) is 100 Å². The predicted molar refractivity (Wildman–Crippen MR) is 328 cm³/mol. The van der Waals surface area contributed by atoms with E-state index < -0.39 is 0 Å². The molecule has 0 saturated heterocycles. The fourth-order valence-electron chi connectivity index (χ4n) is 10.3. The number of rotatable bonds is 9. The summed E-state index contributed by atoms with van der Waals surface area (Å²) < 4.78 is 0. The molecule has 0 aliphatic carbocycles. The first kappa shape index (κ1) is 51.6. The molecule has 76 heavy (non-hydrogen) atoms. The van der Waals surface area contributed by atoms with Gasteiger partial charge in [0.25, 0.3) is 0 Å². The minimum atomic E-state index is 0.0496. The molecule has 10 aromatic rings. The Morgan fingerprint density at radius 1 is 0.197 bits per heavy atom. The van der Waals surface area contributed by atoms with Gasteiger partial charge in [-0.05, 0) is 206 Å². The van der Waals surface area contributed by atoms with Gasteiger partial charge in [-0.25, -0.2) is 0 Å². The van der Waals surface area contributed by atoms with E-state index in [9.17, 15) is 0 Å². The lowest BCUT2D eigenvalue weighted by Gasteiger charge is -2.20. The van der Waals surface area contributed by atoms with Crippen molar-refractivity contribution in [2.45, 2.75) is 105 Å². The molecule has 0 spiro atoms. The van der Waals surface area contributed by atoms with Crippen molar-refractivity contribution in [2.24, 2.45) is 0 Å². The predicted octanol–water partition coefficient (Wildman–Crippen LogP) is 21.3. The zero-order valence-corrected chi connectivity index (χ0v) is 46.8. The first-order chi connectivity index (χ1) is 36.1. The topological polar surface area (TPSA) is 12.9 Å². The normalized spacial score (nSPS) is 12.2. The van der Waals surface area contributed by atoms with E-state index in [-0.39, 0.29) is 21.7 Å². The van der Waals surface area contributed by atoms with Crippen LogP contribution < -0.4 is 0 Å². The molecule has 1 nitrogen and oxygen atoms in total. The highest BCUT2D eigenvalue weighted by Crippen LogP contribution is 2.42. The fraction of sp³-hybridized carbons (Fsp3) is 0.213. The first-order valence-electron chi connectivity index (χ1n) is 27.1. The van der Waals surface area contributed by atoms with Crippen LogP contribution in [0, 0.1) is 0 Å². The second kappa shape index (κ2) is 20.3. The lowest BCUT2D eigenvalue weighted by Crippen LogP contribution is -2.10. The summed E-state index contributed by atoms with van der Waals surface area (Å²) in [5.74, 6) is 0. The largest absolute Gasteiger partial charge is 0.256 e. The van der Waals surface area contributed by atoms with Gasteiger partial charge < -0.3 is 0 Å². The van der Waals surface area contributed by atoms with Crippen LogP contribution in [0.1, 0.15) is 105 Å². The molecule has 0 amide bonds. The summed E-state index contributed by atoms with van der Waals surface area (Å²) in [7, 11) is 0. The van der Waals surface area contributed by atoms with Gasteiger partial charge in [0.2, 0.25) is 0 Å². The maximum absolute atomic E-state index is 4.76. The number of benzene rings is 9. The van der Waals surface area contributed by atoms with Gasteiger partial charge in [0, 0.05) is 11.8 Å². The Bertz CT molecular complexity index is 3560. The maximum atomic E-state index is 4.76. The lowest BCUT2D eigenvalue weighted by molar-refractivity contribution is 0.590. The average Bonchev–Trinajstić information content (AvgIpc) is 3.43. The molecular formula is C75H73N. The number of pyridine rings is 1. The van der Waals surface area contributed by atoms with Gasteiger partial charge in [-0.3, -0.25) is 4.98 Å². The van der Waals surface area contributed by atoms with Crippen LogP contribution in [-0.2, 0) is 21.7 Å². The smallest absolute Gasteiger partial charge is 0.0702 e. The quantitative estimate of drug-likeness (QED) is 0.140. The zero-order valence-electron chi connectivity index (χ0n) is 46.8. The van der Waals surface area contributed by atoms with Crippen molar-refractivity contribution in [3.63, 3.8) is 0 Å². The van der Waals surface area contributed by atoms with E-state index in [1.165, 1.54) is 77.9 Å². The van der Waals surface area contributed by atoms with Crippen molar-refractivity contribution in [3.05, 3.63) is 247 Å². The molecule has 0 bridgehead atoms. The average molecular weight is 988 g/mol. The van der Waals surface area contributed by atoms with Gasteiger partial charge in [-0.15, -0.1) is 0 Å². The van der Waals surface area contributed by atoms with Crippen LogP contribution >= 0.6 is 0 Å². The monoisotopic (exact) mass is 988 g/mol. The van der Waals surface area contributed by atoms with E-state index in [0.29, 0.717) is 0 Å². The van der Waals surface area contributed by atoms with Crippen molar-refractivity contribution in [1.29, 1.82) is 0 Å². The highest BCUT2D eigenvalue weighted by molar-refractivity contribution is 5.89. The Balaban J connectivity index is 1.17. The Kier molecular flexibility index (Phi) is 13.8. The molecule has 0 radical (unpaired) electrons. The van der Waals surface area contributed by atoms with E-state index >= 15 is 0 Å². The van der Waals surface area contributed by atoms with Gasteiger partial charge in [0.15, 0.2) is 0 Å². The van der Waals surface area contributed by atoms with Crippen LogP contribution in [0.5, 0.6) is 0 Å². The Labute approximate surface area is 454 Å². The number of aromatic nitrogens is 1. The molecule has 0 aliphatic heterocycles. The zero-order chi connectivity index (χ0) is 53.6. The van der Waals surface area contributed by atoms with Gasteiger partial charge in [0.1, 0.15) is 0 Å². The third-order valence-electron chi connectivity index (χ3n) is 15.2. The van der Waals surface area contributed by atoms with E-state index in [4.69, 9.17) is 4.98 Å². The summed E-state index contributed by atoms with van der Waals surface area (Å²) in [6, 6.07) is 82.2. The Morgan fingerprint density at radius 2 is 0.421 bits per heavy atom. The molecule has 0 fully saturated rings. The summed E-state index contributed by atoms with van der Waals surface area (Å²) in [5, 5.41) is 0. The molecule has 1 heterocycles. The summed E-state index contributed by atoms with van der Waals surface area (Å²) >= 11 is 0. The molecule has 0 N–H and O–H groups in total. The van der Waals surface area contributed by atoms with E-state index in [2.05, 4.69) is 295 Å². The van der Waals surface area contributed by atoms with Crippen molar-refractivity contribution in [1.82, 2.24) is 4.98 Å². The van der Waals surface area contributed by atoms with E-state index in [1.54, 1.807) is 0 Å². The molecule has 10 rings (SSSR count). The van der Waals surface area contributed by atoms with Crippen LogP contribution in [0.4, 0.5) is 0 Å². The van der Waals surface area contributed by atoms with Crippen molar-refractivity contribution in [3.8, 4) is 100 Å².